The number of carbonyl (C=O) groups excluding carboxylic acids is 1. The lowest BCUT2D eigenvalue weighted by atomic mass is 10.2. The Morgan fingerprint density at radius 1 is 1.25 bits per heavy atom. The third-order valence-electron chi connectivity index (χ3n) is 4.80. The van der Waals surface area contributed by atoms with Crippen LogP contribution in [-0.4, -0.2) is 53.0 Å². The summed E-state index contributed by atoms with van der Waals surface area (Å²) in [6.07, 6.45) is 4.87. The molecule has 0 spiro atoms. The lowest BCUT2D eigenvalue weighted by Crippen LogP contribution is -2.36. The Hall–Kier alpha value is -1.97. The van der Waals surface area contributed by atoms with Gasteiger partial charge in [-0.1, -0.05) is 18.0 Å². The van der Waals surface area contributed by atoms with Crippen molar-refractivity contribution in [1.29, 1.82) is 0 Å². The highest BCUT2D eigenvalue weighted by molar-refractivity contribution is 7.89. The molecule has 0 atom stereocenters. The van der Waals surface area contributed by atoms with Gasteiger partial charge in [0.25, 0.3) is 5.91 Å². The average Bonchev–Trinajstić information content (AvgIpc) is 3.16. The third kappa shape index (κ3) is 4.53. The summed E-state index contributed by atoms with van der Waals surface area (Å²) in [4.78, 5) is 12.5. The summed E-state index contributed by atoms with van der Waals surface area (Å²) in [5.74, 6) is 0.432. The van der Waals surface area contributed by atoms with Gasteiger partial charge in [0.2, 0.25) is 10.0 Å². The van der Waals surface area contributed by atoms with E-state index in [1.807, 2.05) is 11.5 Å². The van der Waals surface area contributed by atoms with E-state index in [2.05, 4.69) is 15.5 Å². The number of rotatable bonds is 7. The fourth-order valence-corrected chi connectivity index (χ4v) is 5.23. The van der Waals surface area contributed by atoms with Crippen molar-refractivity contribution < 1.29 is 13.2 Å². The van der Waals surface area contributed by atoms with Gasteiger partial charge in [0, 0.05) is 38.2 Å². The topological polar surface area (TPSA) is 97.2 Å². The Kier molecular flexibility index (Phi) is 6.69. The number of nitrogens with zero attached hydrogens (tertiary/aromatic N) is 4. The molecular weight excluding hydrogens is 402 g/mol. The molecular formula is C18H24ClN5O3S. The van der Waals surface area contributed by atoms with Gasteiger partial charge < -0.3 is 9.88 Å². The summed E-state index contributed by atoms with van der Waals surface area (Å²) in [5.41, 5.74) is 0.261. The van der Waals surface area contributed by atoms with Gasteiger partial charge in [-0.3, -0.25) is 4.79 Å². The number of piperidine rings is 1. The SMILES string of the molecule is CCn1cnnc1CCNC(=O)c1ccc(Cl)c(S(=O)(=O)N2CCCCC2)c1. The molecule has 2 aromatic rings. The van der Waals surface area contributed by atoms with Crippen LogP contribution in [0.2, 0.25) is 5.02 Å². The number of hydrogen-bond donors (Lipinski definition) is 1. The molecule has 28 heavy (non-hydrogen) atoms. The van der Waals surface area contributed by atoms with E-state index < -0.39 is 10.0 Å². The molecule has 1 aliphatic heterocycles. The van der Waals surface area contributed by atoms with Crippen LogP contribution in [0.5, 0.6) is 0 Å². The average molecular weight is 426 g/mol. The number of benzene rings is 1. The van der Waals surface area contributed by atoms with Crippen LogP contribution in [0.25, 0.3) is 0 Å². The van der Waals surface area contributed by atoms with E-state index in [-0.39, 0.29) is 21.4 Å². The minimum atomic E-state index is -3.71. The Labute approximate surface area is 169 Å². The van der Waals surface area contributed by atoms with Crippen molar-refractivity contribution in [3.05, 3.63) is 40.9 Å². The van der Waals surface area contributed by atoms with E-state index in [1.54, 1.807) is 6.33 Å². The second-order valence-electron chi connectivity index (χ2n) is 6.65. The van der Waals surface area contributed by atoms with E-state index in [0.717, 1.165) is 31.6 Å². The zero-order chi connectivity index (χ0) is 20.1. The van der Waals surface area contributed by atoms with Gasteiger partial charge in [-0.25, -0.2) is 8.42 Å². The van der Waals surface area contributed by atoms with Gasteiger partial charge in [0.05, 0.1) is 5.02 Å². The molecule has 0 saturated carbocycles. The zero-order valence-corrected chi connectivity index (χ0v) is 17.3. The number of aryl methyl sites for hydroxylation is 1. The summed E-state index contributed by atoms with van der Waals surface area (Å²) < 4.78 is 29.2. The first-order valence-electron chi connectivity index (χ1n) is 9.38. The summed E-state index contributed by atoms with van der Waals surface area (Å²) in [5, 5.41) is 10.8. The van der Waals surface area contributed by atoms with Crippen molar-refractivity contribution in [2.24, 2.45) is 0 Å². The van der Waals surface area contributed by atoms with Crippen molar-refractivity contribution in [2.75, 3.05) is 19.6 Å². The summed E-state index contributed by atoms with van der Waals surface area (Å²) in [7, 11) is -3.71. The van der Waals surface area contributed by atoms with Crippen LogP contribution < -0.4 is 5.32 Å². The molecule has 1 fully saturated rings. The molecule has 2 heterocycles. The van der Waals surface area contributed by atoms with Crippen LogP contribution in [0, 0.1) is 0 Å². The molecule has 1 aromatic heterocycles. The number of aromatic nitrogens is 3. The highest BCUT2D eigenvalue weighted by Crippen LogP contribution is 2.27. The number of halogens is 1. The van der Waals surface area contributed by atoms with Gasteiger partial charge in [-0.05, 0) is 38.0 Å². The maximum Gasteiger partial charge on any atom is 0.251 e. The molecule has 0 radical (unpaired) electrons. The molecule has 10 heteroatoms. The maximum atomic E-state index is 12.9. The Bertz CT molecular complexity index is 938. The molecule has 3 rings (SSSR count). The smallest absolute Gasteiger partial charge is 0.251 e. The van der Waals surface area contributed by atoms with Crippen LogP contribution >= 0.6 is 11.6 Å². The lowest BCUT2D eigenvalue weighted by molar-refractivity contribution is 0.0953. The molecule has 1 saturated heterocycles. The Morgan fingerprint density at radius 2 is 2.00 bits per heavy atom. The molecule has 0 unspecified atom stereocenters. The van der Waals surface area contributed by atoms with Crippen LogP contribution in [0.4, 0.5) is 0 Å². The Morgan fingerprint density at radius 3 is 2.71 bits per heavy atom. The first-order chi connectivity index (χ1) is 13.4. The monoisotopic (exact) mass is 425 g/mol. The minimum Gasteiger partial charge on any atom is -0.352 e. The van der Waals surface area contributed by atoms with E-state index in [9.17, 15) is 13.2 Å². The minimum absolute atomic E-state index is 0.0190. The zero-order valence-electron chi connectivity index (χ0n) is 15.8. The van der Waals surface area contributed by atoms with Gasteiger partial charge in [0.15, 0.2) is 0 Å². The normalized spacial score (nSPS) is 15.5. The van der Waals surface area contributed by atoms with Crippen molar-refractivity contribution in [2.45, 2.75) is 44.0 Å². The van der Waals surface area contributed by atoms with Crippen molar-refractivity contribution >= 4 is 27.5 Å². The summed E-state index contributed by atoms with van der Waals surface area (Å²) in [6.45, 7) is 4.07. The predicted molar refractivity (Wildman–Crippen MR) is 106 cm³/mol. The first-order valence-corrected chi connectivity index (χ1v) is 11.2. The highest BCUT2D eigenvalue weighted by atomic mass is 35.5. The molecule has 152 valence electrons. The van der Waals surface area contributed by atoms with E-state index in [1.165, 1.54) is 22.5 Å². The van der Waals surface area contributed by atoms with Crippen molar-refractivity contribution in [3.8, 4) is 0 Å². The number of nitrogens with one attached hydrogen (secondary N) is 1. The van der Waals surface area contributed by atoms with E-state index in [0.29, 0.717) is 26.1 Å². The standard InChI is InChI=1S/C18H24ClN5O3S/c1-2-23-13-21-22-17(23)8-9-20-18(25)14-6-7-15(19)16(12-14)28(26,27)24-10-4-3-5-11-24/h6-7,12-13H,2-5,8-11H2,1H3,(H,20,25). The lowest BCUT2D eigenvalue weighted by Gasteiger charge is -2.26. The van der Waals surface area contributed by atoms with Crippen molar-refractivity contribution in [1.82, 2.24) is 24.4 Å². The maximum absolute atomic E-state index is 12.9. The number of hydrogen-bond acceptors (Lipinski definition) is 5. The van der Waals surface area contributed by atoms with Gasteiger partial charge in [0.1, 0.15) is 17.0 Å². The van der Waals surface area contributed by atoms with E-state index in [4.69, 9.17) is 11.6 Å². The van der Waals surface area contributed by atoms with Crippen LogP contribution in [0.3, 0.4) is 0 Å². The van der Waals surface area contributed by atoms with Crippen molar-refractivity contribution in [3.63, 3.8) is 0 Å². The van der Waals surface area contributed by atoms with Crippen LogP contribution in [0.15, 0.2) is 29.4 Å². The molecule has 1 aliphatic rings. The fraction of sp³-hybridized carbons (Fsp3) is 0.500. The molecule has 1 N–H and O–H groups in total. The van der Waals surface area contributed by atoms with Crippen LogP contribution in [0.1, 0.15) is 42.4 Å². The first kappa shape index (κ1) is 20.8. The molecule has 1 amide bonds. The molecule has 0 bridgehead atoms. The predicted octanol–water partition coefficient (Wildman–Crippen LogP) is 2.10. The number of amides is 1. The summed E-state index contributed by atoms with van der Waals surface area (Å²) in [6, 6.07) is 4.35. The number of carbonyl (C=O) groups is 1. The second-order valence-corrected chi connectivity index (χ2v) is 8.96. The number of sulfonamides is 1. The molecule has 1 aromatic carbocycles. The second kappa shape index (κ2) is 9.02. The van der Waals surface area contributed by atoms with Crippen LogP contribution in [-0.2, 0) is 23.0 Å². The van der Waals surface area contributed by atoms with E-state index >= 15 is 0 Å². The molecule has 0 aliphatic carbocycles. The highest BCUT2D eigenvalue weighted by Gasteiger charge is 2.28. The Balaban J connectivity index is 1.70. The molecule has 8 nitrogen and oxygen atoms in total. The quantitative estimate of drug-likeness (QED) is 0.732. The summed E-state index contributed by atoms with van der Waals surface area (Å²) >= 11 is 6.15. The third-order valence-corrected chi connectivity index (χ3v) is 7.18. The largest absolute Gasteiger partial charge is 0.352 e. The van der Waals surface area contributed by atoms with Gasteiger partial charge in [-0.2, -0.15) is 4.31 Å². The fourth-order valence-electron chi connectivity index (χ4n) is 3.21. The van der Waals surface area contributed by atoms with Gasteiger partial charge in [-0.15, -0.1) is 10.2 Å². The van der Waals surface area contributed by atoms with Gasteiger partial charge >= 0.3 is 0 Å².